The maximum absolute atomic E-state index is 12.0. The summed E-state index contributed by atoms with van der Waals surface area (Å²) in [5.74, 6) is -2.19. The van der Waals surface area contributed by atoms with Gasteiger partial charge in [-0.25, -0.2) is 9.59 Å². The van der Waals surface area contributed by atoms with Gasteiger partial charge in [-0.1, -0.05) is 174 Å². The Morgan fingerprint density at radius 2 is 0.548 bits per heavy atom. The molecule has 0 atom stereocenters. The molecular formula is C38H68O4. The van der Waals surface area contributed by atoms with Gasteiger partial charge in [0.15, 0.2) is 0 Å². The molecule has 0 spiro atoms. The second-order valence-electron chi connectivity index (χ2n) is 13.3. The van der Waals surface area contributed by atoms with E-state index in [0.29, 0.717) is 24.0 Å². The van der Waals surface area contributed by atoms with Gasteiger partial charge in [0.05, 0.1) is 0 Å². The Hall–Kier alpha value is -1.58. The largest absolute Gasteiger partial charge is 0.419 e. The minimum atomic E-state index is -1.18. The highest BCUT2D eigenvalue weighted by Crippen LogP contribution is 2.32. The van der Waals surface area contributed by atoms with Gasteiger partial charge in [-0.3, -0.25) is 0 Å². The van der Waals surface area contributed by atoms with E-state index in [1.165, 1.54) is 148 Å². The lowest BCUT2D eigenvalue weighted by atomic mass is 9.96. The van der Waals surface area contributed by atoms with Crippen LogP contribution in [0.4, 0.5) is 0 Å². The summed E-state index contributed by atoms with van der Waals surface area (Å²) in [5.41, 5.74) is 0.616. The zero-order chi connectivity index (χ0) is 30.7. The molecule has 3 fully saturated rings. The predicted octanol–water partition coefficient (Wildman–Crippen LogP) is 12.2. The molecule has 3 aliphatic rings. The van der Waals surface area contributed by atoms with Crippen molar-refractivity contribution in [1.29, 1.82) is 0 Å². The van der Waals surface area contributed by atoms with E-state index in [1.54, 1.807) is 13.8 Å². The van der Waals surface area contributed by atoms with Crippen LogP contribution in [0.15, 0.2) is 24.3 Å². The van der Waals surface area contributed by atoms with E-state index in [2.05, 4.69) is 13.2 Å². The molecule has 0 unspecified atom stereocenters. The molecule has 0 bridgehead atoms. The molecule has 0 heterocycles. The SMILES string of the molecule is C1CCCCCCCCC1.C1CCCCCCCCC1.C=C(C)C(=O)OC1(OC(=O)C(=C)C)CCCCCCCCC1. The van der Waals surface area contributed by atoms with E-state index in [1.807, 2.05) is 0 Å². The van der Waals surface area contributed by atoms with Gasteiger partial charge in [0.2, 0.25) is 0 Å². The first-order chi connectivity index (χ1) is 20.4. The fourth-order valence-electron chi connectivity index (χ4n) is 6.07. The number of hydrogen-bond acceptors (Lipinski definition) is 4. The van der Waals surface area contributed by atoms with Crippen molar-refractivity contribution in [3.63, 3.8) is 0 Å². The average Bonchev–Trinajstić information content (AvgIpc) is 2.99. The lowest BCUT2D eigenvalue weighted by molar-refractivity contribution is -0.229. The van der Waals surface area contributed by atoms with Crippen molar-refractivity contribution in [3.8, 4) is 0 Å². The van der Waals surface area contributed by atoms with Crippen LogP contribution in [0.1, 0.15) is 200 Å². The second-order valence-corrected chi connectivity index (χ2v) is 13.3. The van der Waals surface area contributed by atoms with Crippen LogP contribution in [-0.4, -0.2) is 17.7 Å². The maximum atomic E-state index is 12.0. The van der Waals surface area contributed by atoms with Gasteiger partial charge in [0.1, 0.15) is 0 Å². The number of hydrogen-bond donors (Lipinski definition) is 0. The van der Waals surface area contributed by atoms with Crippen LogP contribution in [0.25, 0.3) is 0 Å². The van der Waals surface area contributed by atoms with Crippen LogP contribution in [0.3, 0.4) is 0 Å². The Bertz CT molecular complexity index is 598. The molecule has 4 nitrogen and oxygen atoms in total. The first-order valence-corrected chi connectivity index (χ1v) is 18.1. The van der Waals surface area contributed by atoms with Crippen molar-refractivity contribution in [2.24, 2.45) is 0 Å². The minimum Gasteiger partial charge on any atom is -0.419 e. The van der Waals surface area contributed by atoms with Crippen molar-refractivity contribution in [2.75, 3.05) is 0 Å². The van der Waals surface area contributed by atoms with Gasteiger partial charge >= 0.3 is 11.9 Å². The molecule has 3 rings (SSSR count). The molecule has 3 aliphatic carbocycles. The lowest BCUT2D eigenvalue weighted by Gasteiger charge is -2.33. The topological polar surface area (TPSA) is 52.6 Å². The third-order valence-electron chi connectivity index (χ3n) is 8.87. The molecule has 0 aromatic heterocycles. The van der Waals surface area contributed by atoms with E-state index in [9.17, 15) is 9.59 Å². The van der Waals surface area contributed by atoms with Gasteiger partial charge in [-0.05, 0) is 26.7 Å². The Balaban J connectivity index is 0.000000362. The standard InChI is InChI=1S/C18H28O4.2C10H20/c1-14(2)16(19)21-18(22-17(20)15(3)4)12-10-8-6-5-7-9-11-13-18;2*1-2-4-6-8-10-9-7-5-3-1/h1,3,5-13H2,2,4H3;2*1-10H2. The molecule has 0 amide bonds. The van der Waals surface area contributed by atoms with Gasteiger partial charge in [0.25, 0.3) is 5.79 Å². The van der Waals surface area contributed by atoms with Crippen LogP contribution in [-0.2, 0) is 19.1 Å². The highest BCUT2D eigenvalue weighted by atomic mass is 16.7. The summed E-state index contributed by atoms with van der Waals surface area (Å²) in [6.45, 7) is 10.4. The third-order valence-corrected chi connectivity index (χ3v) is 8.87. The van der Waals surface area contributed by atoms with Gasteiger partial charge < -0.3 is 9.47 Å². The summed E-state index contributed by atoms with van der Waals surface area (Å²) < 4.78 is 11.1. The van der Waals surface area contributed by atoms with Crippen LogP contribution in [0, 0.1) is 0 Å². The number of esters is 2. The number of ether oxygens (including phenoxy) is 2. The summed E-state index contributed by atoms with van der Waals surface area (Å²) in [6.07, 6.45) is 38.5. The molecule has 0 saturated heterocycles. The minimum absolute atomic E-state index is 0.308. The van der Waals surface area contributed by atoms with Crippen LogP contribution < -0.4 is 0 Å². The average molecular weight is 589 g/mol. The van der Waals surface area contributed by atoms with Crippen molar-refractivity contribution in [3.05, 3.63) is 24.3 Å². The van der Waals surface area contributed by atoms with Crippen molar-refractivity contribution in [2.45, 2.75) is 206 Å². The van der Waals surface area contributed by atoms with Crippen molar-refractivity contribution >= 4 is 11.9 Å². The van der Waals surface area contributed by atoms with Gasteiger partial charge in [-0.15, -0.1) is 0 Å². The quantitative estimate of drug-likeness (QED) is 0.186. The zero-order valence-corrected chi connectivity index (χ0v) is 28.1. The van der Waals surface area contributed by atoms with Crippen LogP contribution in [0.5, 0.6) is 0 Å². The normalized spacial score (nSPS) is 21.3. The number of carbonyl (C=O) groups excluding carboxylic acids is 2. The Labute approximate surface area is 260 Å². The second kappa shape index (κ2) is 25.9. The molecule has 42 heavy (non-hydrogen) atoms. The van der Waals surface area contributed by atoms with Crippen molar-refractivity contribution < 1.29 is 19.1 Å². The van der Waals surface area contributed by atoms with Gasteiger partial charge in [0, 0.05) is 24.0 Å². The van der Waals surface area contributed by atoms with Crippen LogP contribution in [0.2, 0.25) is 0 Å². The van der Waals surface area contributed by atoms with E-state index in [0.717, 1.165) is 25.7 Å². The Morgan fingerprint density at radius 1 is 0.381 bits per heavy atom. The molecule has 0 aromatic carbocycles. The maximum Gasteiger partial charge on any atom is 0.336 e. The van der Waals surface area contributed by atoms with Gasteiger partial charge in [-0.2, -0.15) is 0 Å². The molecule has 0 aromatic rings. The van der Waals surface area contributed by atoms with E-state index < -0.39 is 17.7 Å². The third kappa shape index (κ3) is 21.2. The lowest BCUT2D eigenvalue weighted by Crippen LogP contribution is -2.41. The van der Waals surface area contributed by atoms with E-state index in [-0.39, 0.29) is 0 Å². The zero-order valence-electron chi connectivity index (χ0n) is 28.1. The first kappa shape index (κ1) is 38.4. The molecule has 4 heteroatoms. The first-order valence-electron chi connectivity index (χ1n) is 18.1. The number of carbonyl (C=O) groups is 2. The summed E-state index contributed by atoms with van der Waals surface area (Å²) >= 11 is 0. The van der Waals surface area contributed by atoms with E-state index in [4.69, 9.17) is 9.47 Å². The number of rotatable bonds is 4. The smallest absolute Gasteiger partial charge is 0.336 e. The van der Waals surface area contributed by atoms with E-state index >= 15 is 0 Å². The highest BCUT2D eigenvalue weighted by molar-refractivity contribution is 5.89. The molecule has 0 radical (unpaired) electrons. The summed E-state index contributed by atoms with van der Waals surface area (Å²) in [4.78, 5) is 24.0. The molecule has 3 saturated carbocycles. The summed E-state index contributed by atoms with van der Waals surface area (Å²) in [6, 6.07) is 0. The Kier molecular flexibility index (Phi) is 23.7. The predicted molar refractivity (Wildman–Crippen MR) is 178 cm³/mol. The molecule has 244 valence electrons. The fourth-order valence-corrected chi connectivity index (χ4v) is 6.07. The highest BCUT2D eigenvalue weighted by Gasteiger charge is 2.38. The molecule has 0 aliphatic heterocycles. The molecule has 0 N–H and O–H groups in total. The Morgan fingerprint density at radius 3 is 0.714 bits per heavy atom. The fraction of sp³-hybridized carbons (Fsp3) is 0.842. The monoisotopic (exact) mass is 589 g/mol. The van der Waals surface area contributed by atoms with Crippen molar-refractivity contribution in [1.82, 2.24) is 0 Å². The molecular weight excluding hydrogens is 520 g/mol. The van der Waals surface area contributed by atoms with Crippen LogP contribution >= 0.6 is 0 Å². The summed E-state index contributed by atoms with van der Waals surface area (Å²) in [5, 5.41) is 0. The summed E-state index contributed by atoms with van der Waals surface area (Å²) in [7, 11) is 0.